The van der Waals surface area contributed by atoms with E-state index in [1.165, 1.54) is 16.7 Å². The van der Waals surface area contributed by atoms with Gasteiger partial charge in [0.25, 0.3) is 10.0 Å². The van der Waals surface area contributed by atoms with Crippen molar-refractivity contribution in [2.24, 2.45) is 0 Å². The maximum Gasteiger partial charge on any atom is 0.345 e. The summed E-state index contributed by atoms with van der Waals surface area (Å²) in [6, 6.07) is 3.07. The van der Waals surface area contributed by atoms with E-state index in [2.05, 4.69) is 4.72 Å². The van der Waals surface area contributed by atoms with Crippen LogP contribution >= 0.6 is 22.7 Å². The molecule has 0 aromatic carbocycles. The molecule has 0 radical (unpaired) electrons. The van der Waals surface area contributed by atoms with E-state index < -0.39 is 16.0 Å². The largest absolute Gasteiger partial charge is 0.477 e. The average molecular weight is 342 g/mol. The molecule has 0 spiro atoms. The quantitative estimate of drug-likeness (QED) is 0.888. The van der Waals surface area contributed by atoms with Crippen molar-refractivity contribution in [2.75, 3.05) is 4.72 Å². The van der Waals surface area contributed by atoms with Crippen LogP contribution < -0.4 is 4.72 Å². The molecule has 0 fully saturated rings. The van der Waals surface area contributed by atoms with E-state index in [0.29, 0.717) is 0 Å². The highest BCUT2D eigenvalue weighted by Gasteiger charge is 2.22. The SMILES string of the molecule is Cc1sc(NS(=O)(=O)c2csc(C(=O)O)c2)c(C#N)c1C. The number of nitriles is 1. The number of carboxylic acid groups (broad SMARTS) is 1. The fourth-order valence-corrected chi connectivity index (χ4v) is 5.01. The van der Waals surface area contributed by atoms with E-state index >= 15 is 0 Å². The Hall–Kier alpha value is -1.89. The molecule has 110 valence electrons. The zero-order valence-corrected chi connectivity index (χ0v) is 13.4. The van der Waals surface area contributed by atoms with Gasteiger partial charge in [-0.2, -0.15) is 5.26 Å². The maximum atomic E-state index is 12.2. The standard InChI is InChI=1S/C12H10N2O4S3/c1-6-7(2)20-11(9(6)4-13)14-21(17,18)8-3-10(12(15)16)19-5-8/h3,5,14H,1-2H3,(H,15,16). The van der Waals surface area contributed by atoms with Crippen LogP contribution in [0.5, 0.6) is 0 Å². The number of carbonyl (C=O) groups is 1. The van der Waals surface area contributed by atoms with Gasteiger partial charge in [-0.15, -0.1) is 22.7 Å². The smallest absolute Gasteiger partial charge is 0.345 e. The Kier molecular flexibility index (Phi) is 4.04. The van der Waals surface area contributed by atoms with Gasteiger partial charge in [-0.1, -0.05) is 0 Å². The van der Waals surface area contributed by atoms with E-state index in [9.17, 15) is 13.2 Å². The lowest BCUT2D eigenvalue weighted by Crippen LogP contribution is -2.12. The predicted molar refractivity (Wildman–Crippen MR) is 80.6 cm³/mol. The molecule has 21 heavy (non-hydrogen) atoms. The number of hydrogen-bond acceptors (Lipinski definition) is 6. The third-order valence-electron chi connectivity index (χ3n) is 2.82. The van der Waals surface area contributed by atoms with Gasteiger partial charge in [0, 0.05) is 10.3 Å². The molecule has 2 heterocycles. The summed E-state index contributed by atoms with van der Waals surface area (Å²) in [6.07, 6.45) is 0. The molecule has 0 aliphatic heterocycles. The Labute approximate surface area is 129 Å². The highest BCUT2D eigenvalue weighted by atomic mass is 32.2. The van der Waals surface area contributed by atoms with E-state index in [0.717, 1.165) is 27.8 Å². The van der Waals surface area contributed by atoms with Gasteiger partial charge in [0.15, 0.2) is 0 Å². The number of anilines is 1. The summed E-state index contributed by atoms with van der Waals surface area (Å²) >= 11 is 2.01. The fourth-order valence-electron chi connectivity index (χ4n) is 1.59. The number of aryl methyl sites for hydroxylation is 1. The van der Waals surface area contributed by atoms with Gasteiger partial charge in [0.2, 0.25) is 0 Å². The van der Waals surface area contributed by atoms with Crippen LogP contribution in [0.2, 0.25) is 0 Å². The van der Waals surface area contributed by atoms with Gasteiger partial charge in [-0.3, -0.25) is 4.72 Å². The zero-order valence-electron chi connectivity index (χ0n) is 11.0. The summed E-state index contributed by atoms with van der Waals surface area (Å²) in [7, 11) is -3.91. The van der Waals surface area contributed by atoms with Crippen LogP contribution in [0.25, 0.3) is 0 Å². The summed E-state index contributed by atoms with van der Waals surface area (Å²) in [5.74, 6) is -1.18. The van der Waals surface area contributed by atoms with Crippen LogP contribution in [-0.4, -0.2) is 19.5 Å². The minimum absolute atomic E-state index is 0.0607. The Morgan fingerprint density at radius 2 is 2.10 bits per heavy atom. The average Bonchev–Trinajstić information content (AvgIpc) is 2.97. The van der Waals surface area contributed by atoms with Crippen molar-refractivity contribution in [3.8, 4) is 6.07 Å². The Balaban J connectivity index is 2.40. The lowest BCUT2D eigenvalue weighted by Gasteiger charge is -2.04. The van der Waals surface area contributed by atoms with Crippen LogP contribution in [0.1, 0.15) is 25.7 Å². The number of carboxylic acids is 1. The Bertz CT molecular complexity index is 856. The zero-order chi connectivity index (χ0) is 15.8. The van der Waals surface area contributed by atoms with Crippen molar-refractivity contribution in [1.29, 1.82) is 5.26 Å². The molecular formula is C12H10N2O4S3. The molecule has 0 saturated heterocycles. The van der Waals surface area contributed by atoms with Crippen molar-refractivity contribution in [2.45, 2.75) is 18.7 Å². The second-order valence-corrected chi connectivity index (χ2v) is 7.97. The van der Waals surface area contributed by atoms with E-state index in [1.54, 1.807) is 13.8 Å². The first-order valence-electron chi connectivity index (χ1n) is 5.61. The minimum Gasteiger partial charge on any atom is -0.477 e. The van der Waals surface area contributed by atoms with Crippen LogP contribution in [0.15, 0.2) is 16.3 Å². The number of thiophene rings is 2. The van der Waals surface area contributed by atoms with Gasteiger partial charge < -0.3 is 5.11 Å². The van der Waals surface area contributed by atoms with Gasteiger partial charge in [-0.05, 0) is 25.5 Å². The van der Waals surface area contributed by atoms with Crippen molar-refractivity contribution >= 4 is 43.7 Å². The molecule has 2 aromatic heterocycles. The molecule has 0 saturated carbocycles. The van der Waals surface area contributed by atoms with Crippen LogP contribution in [0.4, 0.5) is 5.00 Å². The van der Waals surface area contributed by atoms with Gasteiger partial charge in [0.05, 0.1) is 10.5 Å². The molecule has 0 bridgehead atoms. The van der Waals surface area contributed by atoms with E-state index in [-0.39, 0.29) is 20.3 Å². The lowest BCUT2D eigenvalue weighted by molar-refractivity contribution is 0.0702. The number of nitrogens with zero attached hydrogens (tertiary/aromatic N) is 1. The highest BCUT2D eigenvalue weighted by Crippen LogP contribution is 2.33. The molecule has 0 aliphatic rings. The summed E-state index contributed by atoms with van der Waals surface area (Å²) < 4.78 is 26.8. The Morgan fingerprint density at radius 1 is 1.43 bits per heavy atom. The van der Waals surface area contributed by atoms with Gasteiger partial charge >= 0.3 is 5.97 Å². The van der Waals surface area contributed by atoms with Crippen molar-refractivity contribution in [3.63, 3.8) is 0 Å². The van der Waals surface area contributed by atoms with E-state index in [1.807, 2.05) is 6.07 Å². The first-order chi connectivity index (χ1) is 9.76. The monoisotopic (exact) mass is 342 g/mol. The number of rotatable bonds is 4. The number of sulfonamides is 1. The molecule has 0 amide bonds. The highest BCUT2D eigenvalue weighted by molar-refractivity contribution is 7.93. The first kappa shape index (κ1) is 15.5. The third-order valence-corrected chi connectivity index (χ3v) is 6.47. The van der Waals surface area contributed by atoms with Crippen molar-refractivity contribution in [3.05, 3.63) is 32.3 Å². The molecule has 2 aromatic rings. The minimum atomic E-state index is -3.91. The summed E-state index contributed by atoms with van der Waals surface area (Å²) in [6.45, 7) is 3.54. The molecule has 2 N–H and O–H groups in total. The molecule has 0 unspecified atom stereocenters. The fraction of sp³-hybridized carbons (Fsp3) is 0.167. The molecule has 9 heteroatoms. The second-order valence-electron chi connectivity index (χ2n) is 4.16. The third kappa shape index (κ3) is 2.92. The molecule has 6 nitrogen and oxygen atoms in total. The van der Waals surface area contributed by atoms with E-state index in [4.69, 9.17) is 10.4 Å². The molecule has 2 rings (SSSR count). The van der Waals surface area contributed by atoms with Gasteiger partial charge in [-0.25, -0.2) is 13.2 Å². The topological polar surface area (TPSA) is 107 Å². The first-order valence-corrected chi connectivity index (χ1v) is 8.79. The predicted octanol–water partition coefficient (Wildman–Crippen LogP) is 2.80. The Morgan fingerprint density at radius 3 is 2.62 bits per heavy atom. The number of nitrogens with one attached hydrogen (secondary N) is 1. The summed E-state index contributed by atoms with van der Waals surface area (Å²) in [5.41, 5.74) is 1.02. The van der Waals surface area contributed by atoms with Crippen LogP contribution in [-0.2, 0) is 10.0 Å². The molecule has 0 atom stereocenters. The number of hydrogen-bond donors (Lipinski definition) is 2. The molecular weight excluding hydrogens is 332 g/mol. The number of aromatic carboxylic acids is 1. The van der Waals surface area contributed by atoms with Gasteiger partial charge in [0.1, 0.15) is 15.9 Å². The van der Waals surface area contributed by atoms with Crippen molar-refractivity contribution < 1.29 is 18.3 Å². The van der Waals surface area contributed by atoms with Crippen LogP contribution in [0.3, 0.4) is 0 Å². The summed E-state index contributed by atoms with van der Waals surface area (Å²) in [5, 5.41) is 19.4. The van der Waals surface area contributed by atoms with Crippen molar-refractivity contribution in [1.82, 2.24) is 0 Å². The maximum absolute atomic E-state index is 12.2. The second kappa shape index (κ2) is 5.48. The molecule has 0 aliphatic carbocycles. The normalized spacial score (nSPS) is 11.1. The lowest BCUT2D eigenvalue weighted by atomic mass is 10.2. The summed E-state index contributed by atoms with van der Waals surface area (Å²) in [4.78, 5) is 11.5. The van der Waals surface area contributed by atoms with Crippen LogP contribution in [0, 0.1) is 25.2 Å².